The normalized spacial score (nSPS) is 19.9. The van der Waals surface area contributed by atoms with Gasteiger partial charge in [0, 0.05) is 43.3 Å². The van der Waals surface area contributed by atoms with Crippen LogP contribution in [0.5, 0.6) is 0 Å². The van der Waals surface area contributed by atoms with Crippen molar-refractivity contribution in [1.29, 1.82) is 0 Å². The van der Waals surface area contributed by atoms with Crippen LogP contribution in [0.2, 0.25) is 0 Å². The maximum absolute atomic E-state index is 12.8. The van der Waals surface area contributed by atoms with E-state index in [1.807, 2.05) is 34.2 Å². The Labute approximate surface area is 176 Å². The van der Waals surface area contributed by atoms with E-state index in [0.717, 1.165) is 43.4 Å². The summed E-state index contributed by atoms with van der Waals surface area (Å²) in [5.41, 5.74) is 1.74. The van der Waals surface area contributed by atoms with Gasteiger partial charge in [-0.15, -0.1) is 0 Å². The SMILES string of the molecule is CCCCC1COC(=O)N1C1CCN(C(=O)Cn2ccc(-c3cccnc3)n2)CC1. The molecule has 0 aliphatic carbocycles. The molecule has 0 saturated carbocycles. The third-order valence-corrected chi connectivity index (χ3v) is 6.00. The Balaban J connectivity index is 1.30. The van der Waals surface area contributed by atoms with Gasteiger partial charge < -0.3 is 9.64 Å². The summed E-state index contributed by atoms with van der Waals surface area (Å²) in [6.07, 6.45) is 9.90. The number of pyridine rings is 1. The first-order valence-corrected chi connectivity index (χ1v) is 10.8. The van der Waals surface area contributed by atoms with Crippen molar-refractivity contribution in [3.8, 4) is 11.3 Å². The molecule has 2 amide bonds. The molecule has 2 saturated heterocycles. The maximum atomic E-state index is 12.8. The summed E-state index contributed by atoms with van der Waals surface area (Å²) in [5, 5.41) is 4.50. The number of likely N-dealkylation sites (tertiary alicyclic amines) is 1. The van der Waals surface area contributed by atoms with Gasteiger partial charge in [0.05, 0.1) is 11.7 Å². The van der Waals surface area contributed by atoms with E-state index in [0.29, 0.717) is 19.7 Å². The van der Waals surface area contributed by atoms with Gasteiger partial charge in [0.2, 0.25) is 5.91 Å². The van der Waals surface area contributed by atoms with Crippen LogP contribution in [0, 0.1) is 0 Å². The smallest absolute Gasteiger partial charge is 0.410 e. The number of hydrogen-bond acceptors (Lipinski definition) is 5. The zero-order valence-electron chi connectivity index (χ0n) is 17.4. The first-order valence-electron chi connectivity index (χ1n) is 10.8. The molecule has 2 aromatic heterocycles. The lowest BCUT2D eigenvalue weighted by molar-refractivity contribution is -0.133. The highest BCUT2D eigenvalue weighted by atomic mass is 16.6. The van der Waals surface area contributed by atoms with Gasteiger partial charge in [0.25, 0.3) is 0 Å². The summed E-state index contributed by atoms with van der Waals surface area (Å²) in [4.78, 5) is 32.9. The highest BCUT2D eigenvalue weighted by molar-refractivity contribution is 5.76. The minimum Gasteiger partial charge on any atom is -0.447 e. The number of rotatable bonds is 7. The molecule has 8 nitrogen and oxygen atoms in total. The van der Waals surface area contributed by atoms with Crippen molar-refractivity contribution in [3.05, 3.63) is 36.8 Å². The van der Waals surface area contributed by atoms with E-state index in [4.69, 9.17) is 4.74 Å². The van der Waals surface area contributed by atoms with Crippen molar-refractivity contribution in [1.82, 2.24) is 24.6 Å². The molecule has 0 spiro atoms. The third kappa shape index (κ3) is 4.47. The molecule has 2 aliphatic heterocycles. The first kappa shape index (κ1) is 20.4. The summed E-state index contributed by atoms with van der Waals surface area (Å²) in [5.74, 6) is 0.0563. The molecular weight excluding hydrogens is 382 g/mol. The molecule has 1 unspecified atom stereocenters. The molecule has 4 heterocycles. The summed E-state index contributed by atoms with van der Waals surface area (Å²) in [6, 6.07) is 6.05. The Morgan fingerprint density at radius 3 is 2.83 bits per heavy atom. The Morgan fingerprint density at radius 2 is 2.10 bits per heavy atom. The molecule has 160 valence electrons. The van der Waals surface area contributed by atoms with Crippen LogP contribution in [-0.4, -0.2) is 68.3 Å². The Morgan fingerprint density at radius 1 is 1.27 bits per heavy atom. The fourth-order valence-electron chi connectivity index (χ4n) is 4.33. The summed E-state index contributed by atoms with van der Waals surface area (Å²) < 4.78 is 6.99. The zero-order valence-corrected chi connectivity index (χ0v) is 17.4. The van der Waals surface area contributed by atoms with Crippen molar-refractivity contribution < 1.29 is 14.3 Å². The van der Waals surface area contributed by atoms with Crippen LogP contribution < -0.4 is 0 Å². The molecular formula is C22H29N5O3. The van der Waals surface area contributed by atoms with E-state index in [1.54, 1.807) is 17.1 Å². The van der Waals surface area contributed by atoms with E-state index in [1.165, 1.54) is 0 Å². The molecule has 0 radical (unpaired) electrons. The number of carbonyl (C=O) groups excluding carboxylic acids is 2. The van der Waals surface area contributed by atoms with Gasteiger partial charge in [-0.2, -0.15) is 5.10 Å². The highest BCUT2D eigenvalue weighted by Crippen LogP contribution is 2.26. The molecule has 0 N–H and O–H groups in total. The molecule has 30 heavy (non-hydrogen) atoms. The topological polar surface area (TPSA) is 80.6 Å². The number of amides is 2. The number of nitrogens with zero attached hydrogens (tertiary/aromatic N) is 5. The van der Waals surface area contributed by atoms with Crippen LogP contribution in [0.3, 0.4) is 0 Å². The number of piperidine rings is 1. The summed E-state index contributed by atoms with van der Waals surface area (Å²) in [7, 11) is 0. The molecule has 0 bridgehead atoms. The quantitative estimate of drug-likeness (QED) is 0.700. The molecule has 2 fully saturated rings. The van der Waals surface area contributed by atoms with E-state index in [9.17, 15) is 9.59 Å². The molecule has 0 aromatic carbocycles. The van der Waals surface area contributed by atoms with Gasteiger partial charge in [-0.05, 0) is 37.5 Å². The first-order chi connectivity index (χ1) is 14.7. The van der Waals surface area contributed by atoms with Crippen molar-refractivity contribution in [2.45, 2.75) is 57.7 Å². The van der Waals surface area contributed by atoms with E-state index in [2.05, 4.69) is 17.0 Å². The highest BCUT2D eigenvalue weighted by Gasteiger charge is 2.39. The summed E-state index contributed by atoms with van der Waals surface area (Å²) >= 11 is 0. The average molecular weight is 412 g/mol. The molecule has 1 atom stereocenters. The number of ether oxygens (including phenoxy) is 1. The minimum atomic E-state index is -0.194. The number of hydrogen-bond donors (Lipinski definition) is 0. The largest absolute Gasteiger partial charge is 0.447 e. The number of carbonyl (C=O) groups is 2. The van der Waals surface area contributed by atoms with Crippen molar-refractivity contribution in [3.63, 3.8) is 0 Å². The second-order valence-electron chi connectivity index (χ2n) is 8.03. The van der Waals surface area contributed by atoms with Gasteiger partial charge in [-0.1, -0.05) is 19.8 Å². The van der Waals surface area contributed by atoms with Gasteiger partial charge in [0.1, 0.15) is 13.2 Å². The standard InChI is InChI=1S/C22H29N5O3/c1-2-3-6-19-16-30-22(29)27(19)18-7-11-25(12-8-18)21(28)15-26-13-9-20(24-26)17-5-4-10-23-14-17/h4-5,9-10,13-14,18-19H,2-3,6-8,11-12,15-16H2,1H3. The minimum absolute atomic E-state index is 0.0563. The van der Waals surface area contributed by atoms with Gasteiger partial charge >= 0.3 is 6.09 Å². The fraction of sp³-hybridized carbons (Fsp3) is 0.545. The zero-order chi connectivity index (χ0) is 20.9. The van der Waals surface area contributed by atoms with Gasteiger partial charge in [-0.3, -0.25) is 19.4 Å². The Kier molecular flexibility index (Phi) is 6.30. The van der Waals surface area contributed by atoms with Crippen LogP contribution in [0.25, 0.3) is 11.3 Å². The second-order valence-corrected chi connectivity index (χ2v) is 8.03. The Hall–Kier alpha value is -2.90. The van der Waals surface area contributed by atoms with Crippen molar-refractivity contribution in [2.24, 2.45) is 0 Å². The predicted molar refractivity (Wildman–Crippen MR) is 112 cm³/mol. The number of unbranched alkanes of at least 4 members (excludes halogenated alkanes) is 1. The van der Waals surface area contributed by atoms with E-state index in [-0.39, 0.29) is 30.6 Å². The van der Waals surface area contributed by atoms with Crippen LogP contribution in [0.4, 0.5) is 4.79 Å². The maximum Gasteiger partial charge on any atom is 0.410 e. The number of aromatic nitrogens is 3. The van der Waals surface area contributed by atoms with E-state index < -0.39 is 0 Å². The molecule has 4 rings (SSSR count). The van der Waals surface area contributed by atoms with E-state index >= 15 is 0 Å². The molecule has 2 aliphatic rings. The van der Waals surface area contributed by atoms with Crippen molar-refractivity contribution in [2.75, 3.05) is 19.7 Å². The lowest BCUT2D eigenvalue weighted by Gasteiger charge is -2.37. The van der Waals surface area contributed by atoms with Crippen LogP contribution in [0.15, 0.2) is 36.8 Å². The lowest BCUT2D eigenvalue weighted by Crippen LogP contribution is -2.50. The Bertz CT molecular complexity index is 861. The second kappa shape index (κ2) is 9.28. The monoisotopic (exact) mass is 411 g/mol. The van der Waals surface area contributed by atoms with Crippen molar-refractivity contribution >= 4 is 12.0 Å². The average Bonchev–Trinajstić information content (AvgIpc) is 3.39. The van der Waals surface area contributed by atoms with Crippen LogP contribution >= 0.6 is 0 Å². The predicted octanol–water partition coefficient (Wildman–Crippen LogP) is 2.95. The van der Waals surface area contributed by atoms with Crippen LogP contribution in [0.1, 0.15) is 39.0 Å². The van der Waals surface area contributed by atoms with Crippen LogP contribution in [-0.2, 0) is 16.1 Å². The molecule has 8 heteroatoms. The third-order valence-electron chi connectivity index (χ3n) is 6.00. The summed E-state index contributed by atoms with van der Waals surface area (Å²) in [6.45, 7) is 4.19. The van der Waals surface area contributed by atoms with Gasteiger partial charge in [-0.25, -0.2) is 4.79 Å². The number of cyclic esters (lactones) is 1. The fourth-order valence-corrected chi connectivity index (χ4v) is 4.33. The lowest BCUT2D eigenvalue weighted by atomic mass is 10.00. The molecule has 2 aromatic rings. The van der Waals surface area contributed by atoms with Gasteiger partial charge in [0.15, 0.2) is 0 Å².